The highest BCUT2D eigenvalue weighted by Gasteiger charge is 2.16. The summed E-state index contributed by atoms with van der Waals surface area (Å²) in [5, 5.41) is 0. The number of rotatable bonds is 7. The zero-order chi connectivity index (χ0) is 12.6. The molecule has 1 aliphatic rings. The van der Waals surface area contributed by atoms with Crippen molar-refractivity contribution in [2.24, 2.45) is 5.92 Å². The van der Waals surface area contributed by atoms with E-state index in [0.717, 1.165) is 11.8 Å². The summed E-state index contributed by atoms with van der Waals surface area (Å²) in [5.41, 5.74) is 1.56. The van der Waals surface area contributed by atoms with Gasteiger partial charge in [0.2, 0.25) is 0 Å². The number of hydrogen-bond donors (Lipinski definition) is 0. The minimum absolute atomic E-state index is 0.803. The van der Waals surface area contributed by atoms with E-state index in [0.29, 0.717) is 0 Å². The molecule has 1 aliphatic carbocycles. The van der Waals surface area contributed by atoms with Crippen molar-refractivity contribution in [3.63, 3.8) is 0 Å². The zero-order valence-corrected chi connectivity index (χ0v) is 11.9. The van der Waals surface area contributed by atoms with Gasteiger partial charge in [0.15, 0.2) is 0 Å². The van der Waals surface area contributed by atoms with E-state index in [9.17, 15) is 0 Å². The van der Waals surface area contributed by atoms with E-state index in [1.807, 2.05) is 0 Å². The van der Waals surface area contributed by atoms with Gasteiger partial charge in [-0.2, -0.15) is 0 Å². The van der Waals surface area contributed by atoms with Gasteiger partial charge in [-0.15, -0.1) is 0 Å². The highest BCUT2D eigenvalue weighted by molar-refractivity contribution is 5.19. The fourth-order valence-electron chi connectivity index (χ4n) is 3.50. The minimum Gasteiger partial charge on any atom is -0.0654 e. The standard InChI is InChI=1S/C18H28/c1-2-9-17(18-13-4-3-5-14-18)15-8-12-16-10-6-7-11-16/h3-5,13-14,16-17H,2,6-12,15H2,1H3. The second kappa shape index (κ2) is 7.61. The maximum atomic E-state index is 2.32. The molecule has 0 nitrogen and oxygen atoms in total. The highest BCUT2D eigenvalue weighted by atomic mass is 14.2. The lowest BCUT2D eigenvalue weighted by atomic mass is 9.88. The van der Waals surface area contributed by atoms with Crippen LogP contribution < -0.4 is 0 Å². The van der Waals surface area contributed by atoms with Crippen molar-refractivity contribution in [3.8, 4) is 0 Å². The largest absolute Gasteiger partial charge is 0.0654 e. The first kappa shape index (κ1) is 13.6. The van der Waals surface area contributed by atoms with Gasteiger partial charge in [-0.3, -0.25) is 0 Å². The first-order chi connectivity index (χ1) is 8.90. The van der Waals surface area contributed by atoms with Gasteiger partial charge < -0.3 is 0 Å². The summed E-state index contributed by atoms with van der Waals surface area (Å²) in [4.78, 5) is 0. The van der Waals surface area contributed by atoms with Gasteiger partial charge in [-0.1, -0.05) is 82.2 Å². The molecule has 0 spiro atoms. The molecule has 0 N–H and O–H groups in total. The summed E-state index contributed by atoms with van der Waals surface area (Å²) in [6.45, 7) is 2.31. The molecule has 0 aliphatic heterocycles. The number of benzene rings is 1. The van der Waals surface area contributed by atoms with Gasteiger partial charge in [0, 0.05) is 0 Å². The van der Waals surface area contributed by atoms with Crippen LogP contribution in [0.5, 0.6) is 0 Å². The summed E-state index contributed by atoms with van der Waals surface area (Å²) in [5.74, 6) is 1.86. The van der Waals surface area contributed by atoms with Crippen molar-refractivity contribution < 1.29 is 0 Å². The summed E-state index contributed by atoms with van der Waals surface area (Å²) >= 11 is 0. The van der Waals surface area contributed by atoms with Crippen LogP contribution in [0.4, 0.5) is 0 Å². The van der Waals surface area contributed by atoms with E-state index in [4.69, 9.17) is 0 Å². The number of hydrogen-bond acceptors (Lipinski definition) is 0. The fourth-order valence-corrected chi connectivity index (χ4v) is 3.50. The van der Waals surface area contributed by atoms with Crippen LogP contribution in [0.2, 0.25) is 0 Å². The molecule has 1 aromatic carbocycles. The van der Waals surface area contributed by atoms with E-state index in [1.165, 1.54) is 57.8 Å². The van der Waals surface area contributed by atoms with Crippen LogP contribution in [-0.2, 0) is 0 Å². The lowest BCUT2D eigenvalue weighted by molar-refractivity contribution is 0.444. The van der Waals surface area contributed by atoms with Crippen LogP contribution in [0.15, 0.2) is 30.3 Å². The molecule has 18 heavy (non-hydrogen) atoms. The fraction of sp³-hybridized carbons (Fsp3) is 0.667. The van der Waals surface area contributed by atoms with Gasteiger partial charge in [0.1, 0.15) is 0 Å². The van der Waals surface area contributed by atoms with Gasteiger partial charge >= 0.3 is 0 Å². The Morgan fingerprint density at radius 1 is 1.06 bits per heavy atom. The molecule has 0 heteroatoms. The summed E-state index contributed by atoms with van der Waals surface area (Å²) in [7, 11) is 0. The smallest absolute Gasteiger partial charge is 0.0162 e. The zero-order valence-electron chi connectivity index (χ0n) is 11.9. The predicted molar refractivity (Wildman–Crippen MR) is 79.9 cm³/mol. The Hall–Kier alpha value is -0.780. The second-order valence-electron chi connectivity index (χ2n) is 5.98. The summed E-state index contributed by atoms with van der Waals surface area (Å²) < 4.78 is 0. The van der Waals surface area contributed by atoms with Gasteiger partial charge in [0.25, 0.3) is 0 Å². The molecule has 1 atom stereocenters. The van der Waals surface area contributed by atoms with Crippen molar-refractivity contribution in [1.29, 1.82) is 0 Å². The molecular formula is C18H28. The molecule has 1 fully saturated rings. The van der Waals surface area contributed by atoms with E-state index in [-0.39, 0.29) is 0 Å². The molecular weight excluding hydrogens is 216 g/mol. The Bertz CT molecular complexity index is 308. The lowest BCUT2D eigenvalue weighted by Gasteiger charge is -2.17. The molecule has 2 rings (SSSR count). The van der Waals surface area contributed by atoms with E-state index >= 15 is 0 Å². The Labute approximate surface area is 113 Å². The van der Waals surface area contributed by atoms with Crippen molar-refractivity contribution >= 4 is 0 Å². The minimum atomic E-state index is 0.803. The van der Waals surface area contributed by atoms with Gasteiger partial charge in [0.05, 0.1) is 0 Å². The maximum Gasteiger partial charge on any atom is -0.0162 e. The van der Waals surface area contributed by atoms with Crippen molar-refractivity contribution in [2.45, 2.75) is 70.6 Å². The second-order valence-corrected chi connectivity index (χ2v) is 5.98. The first-order valence-electron chi connectivity index (χ1n) is 7.95. The van der Waals surface area contributed by atoms with E-state index in [1.54, 1.807) is 5.56 Å². The molecule has 0 saturated heterocycles. The van der Waals surface area contributed by atoms with Crippen LogP contribution in [0.25, 0.3) is 0 Å². The highest BCUT2D eigenvalue weighted by Crippen LogP contribution is 2.32. The van der Waals surface area contributed by atoms with E-state index < -0.39 is 0 Å². The Balaban J connectivity index is 1.79. The first-order valence-corrected chi connectivity index (χ1v) is 7.95. The van der Waals surface area contributed by atoms with Crippen molar-refractivity contribution in [2.75, 3.05) is 0 Å². The average molecular weight is 244 g/mol. The van der Waals surface area contributed by atoms with Crippen molar-refractivity contribution in [1.82, 2.24) is 0 Å². The third-order valence-electron chi connectivity index (χ3n) is 4.55. The Kier molecular flexibility index (Phi) is 5.77. The van der Waals surface area contributed by atoms with Gasteiger partial charge in [-0.25, -0.2) is 0 Å². The average Bonchev–Trinajstić information content (AvgIpc) is 2.92. The van der Waals surface area contributed by atoms with Crippen LogP contribution in [0.3, 0.4) is 0 Å². The maximum absolute atomic E-state index is 2.32. The molecule has 0 radical (unpaired) electrons. The van der Waals surface area contributed by atoms with E-state index in [2.05, 4.69) is 37.3 Å². The molecule has 0 heterocycles. The molecule has 0 amide bonds. The monoisotopic (exact) mass is 244 g/mol. The van der Waals surface area contributed by atoms with Crippen LogP contribution in [0, 0.1) is 5.92 Å². The summed E-state index contributed by atoms with van der Waals surface area (Å²) in [6.07, 6.45) is 13.0. The van der Waals surface area contributed by atoms with Crippen LogP contribution >= 0.6 is 0 Å². The lowest BCUT2D eigenvalue weighted by Crippen LogP contribution is -2.01. The van der Waals surface area contributed by atoms with Crippen molar-refractivity contribution in [3.05, 3.63) is 35.9 Å². The normalized spacial score (nSPS) is 18.1. The van der Waals surface area contributed by atoms with Gasteiger partial charge in [-0.05, 0) is 30.2 Å². The Morgan fingerprint density at radius 3 is 2.44 bits per heavy atom. The molecule has 100 valence electrons. The van der Waals surface area contributed by atoms with Crippen LogP contribution in [0.1, 0.15) is 76.2 Å². The quantitative estimate of drug-likeness (QED) is 0.557. The Morgan fingerprint density at radius 2 is 1.78 bits per heavy atom. The van der Waals surface area contributed by atoms with Crippen LogP contribution in [-0.4, -0.2) is 0 Å². The molecule has 1 saturated carbocycles. The predicted octanol–water partition coefficient (Wildman–Crippen LogP) is 5.93. The molecule has 0 aromatic heterocycles. The summed E-state index contributed by atoms with van der Waals surface area (Å²) in [6, 6.07) is 11.1. The third kappa shape index (κ3) is 4.15. The topological polar surface area (TPSA) is 0 Å². The molecule has 1 aromatic rings. The third-order valence-corrected chi connectivity index (χ3v) is 4.55. The molecule has 1 unspecified atom stereocenters. The molecule has 0 bridgehead atoms. The SMILES string of the molecule is CCCC(CCCC1CCCC1)c1ccccc1.